The van der Waals surface area contributed by atoms with Gasteiger partial charge in [0, 0.05) is 12.6 Å². The van der Waals surface area contributed by atoms with Gasteiger partial charge in [-0.25, -0.2) is 4.39 Å². The van der Waals surface area contributed by atoms with Crippen LogP contribution in [0.15, 0.2) is 24.3 Å². The number of halogens is 1. The van der Waals surface area contributed by atoms with Crippen LogP contribution in [-0.4, -0.2) is 29.5 Å². The molecule has 0 heterocycles. The van der Waals surface area contributed by atoms with Crippen molar-refractivity contribution in [3.05, 3.63) is 35.6 Å². The zero-order chi connectivity index (χ0) is 11.3. The average Bonchev–Trinajstić information content (AvgIpc) is 2.26. The highest BCUT2D eigenvalue weighted by Gasteiger charge is 2.07. The summed E-state index contributed by atoms with van der Waals surface area (Å²) >= 11 is 0. The molecule has 0 aliphatic heterocycles. The van der Waals surface area contributed by atoms with E-state index in [0.717, 1.165) is 5.56 Å². The van der Waals surface area contributed by atoms with E-state index in [2.05, 4.69) is 5.32 Å². The van der Waals surface area contributed by atoms with E-state index in [-0.39, 0.29) is 18.5 Å². The van der Waals surface area contributed by atoms with Gasteiger partial charge in [-0.1, -0.05) is 12.1 Å². The minimum Gasteiger partial charge on any atom is -0.394 e. The van der Waals surface area contributed by atoms with Gasteiger partial charge in [0.15, 0.2) is 0 Å². The van der Waals surface area contributed by atoms with Crippen LogP contribution in [0.3, 0.4) is 0 Å². The number of rotatable bonds is 5. The molecule has 0 unspecified atom stereocenters. The SMILES string of the molecule is C[C@@H](NC[C@H](O)CO)c1ccc(F)cc1. The number of hydrogen-bond donors (Lipinski definition) is 3. The summed E-state index contributed by atoms with van der Waals surface area (Å²) in [7, 11) is 0. The second-order valence-electron chi connectivity index (χ2n) is 3.52. The molecule has 0 saturated heterocycles. The highest BCUT2D eigenvalue weighted by molar-refractivity contribution is 5.19. The van der Waals surface area contributed by atoms with Crippen LogP contribution in [0.2, 0.25) is 0 Å². The third-order valence-corrected chi connectivity index (χ3v) is 2.24. The maximum absolute atomic E-state index is 12.6. The molecule has 3 nitrogen and oxygen atoms in total. The molecule has 3 N–H and O–H groups in total. The summed E-state index contributed by atoms with van der Waals surface area (Å²) in [4.78, 5) is 0. The average molecular weight is 213 g/mol. The van der Waals surface area contributed by atoms with Gasteiger partial charge in [0.05, 0.1) is 12.7 Å². The predicted octanol–water partition coefficient (Wildman–Crippen LogP) is 0.830. The van der Waals surface area contributed by atoms with Gasteiger partial charge in [0.1, 0.15) is 5.82 Å². The Bertz CT molecular complexity index is 289. The van der Waals surface area contributed by atoms with Crippen molar-refractivity contribution < 1.29 is 14.6 Å². The Morgan fingerprint density at radius 1 is 1.33 bits per heavy atom. The number of aliphatic hydroxyl groups is 2. The van der Waals surface area contributed by atoms with Crippen molar-refractivity contribution in [3.63, 3.8) is 0 Å². The molecule has 0 aliphatic carbocycles. The zero-order valence-electron chi connectivity index (χ0n) is 8.65. The van der Waals surface area contributed by atoms with Crippen molar-refractivity contribution in [2.24, 2.45) is 0 Å². The third-order valence-electron chi connectivity index (χ3n) is 2.24. The monoisotopic (exact) mass is 213 g/mol. The maximum atomic E-state index is 12.6. The van der Waals surface area contributed by atoms with Gasteiger partial charge in [0.25, 0.3) is 0 Å². The first kappa shape index (κ1) is 12.1. The molecule has 84 valence electrons. The van der Waals surface area contributed by atoms with Crippen LogP contribution in [0.4, 0.5) is 4.39 Å². The van der Waals surface area contributed by atoms with Crippen LogP contribution < -0.4 is 5.32 Å². The summed E-state index contributed by atoms with van der Waals surface area (Å²) in [6.07, 6.45) is -0.757. The van der Waals surface area contributed by atoms with E-state index >= 15 is 0 Å². The van der Waals surface area contributed by atoms with Crippen LogP contribution >= 0.6 is 0 Å². The molecule has 4 heteroatoms. The third kappa shape index (κ3) is 3.95. The van der Waals surface area contributed by atoms with Crippen molar-refractivity contribution in [2.45, 2.75) is 19.1 Å². The second kappa shape index (κ2) is 5.80. The molecule has 0 aliphatic rings. The van der Waals surface area contributed by atoms with Crippen molar-refractivity contribution in [2.75, 3.05) is 13.2 Å². The molecule has 1 aromatic carbocycles. The van der Waals surface area contributed by atoms with E-state index in [1.54, 1.807) is 12.1 Å². The van der Waals surface area contributed by atoms with E-state index in [4.69, 9.17) is 10.2 Å². The molecule has 0 radical (unpaired) electrons. The minimum atomic E-state index is -0.757. The standard InChI is InChI=1S/C11H16FNO2/c1-8(13-6-11(15)7-14)9-2-4-10(12)5-3-9/h2-5,8,11,13-15H,6-7H2,1H3/t8-,11+/m1/s1. The first-order valence-corrected chi connectivity index (χ1v) is 4.91. The van der Waals surface area contributed by atoms with Gasteiger partial charge >= 0.3 is 0 Å². The Morgan fingerprint density at radius 3 is 2.47 bits per heavy atom. The van der Waals surface area contributed by atoms with Gasteiger partial charge in [0.2, 0.25) is 0 Å². The van der Waals surface area contributed by atoms with Crippen molar-refractivity contribution in [1.29, 1.82) is 0 Å². The highest BCUT2D eigenvalue weighted by Crippen LogP contribution is 2.12. The summed E-state index contributed by atoms with van der Waals surface area (Å²) in [6, 6.07) is 6.20. The number of hydrogen-bond acceptors (Lipinski definition) is 3. The van der Waals surface area contributed by atoms with Crippen LogP contribution in [0.25, 0.3) is 0 Å². The highest BCUT2D eigenvalue weighted by atomic mass is 19.1. The molecule has 1 aromatic rings. The minimum absolute atomic E-state index is 0.0202. The molecule has 1 rings (SSSR count). The molecule has 0 bridgehead atoms. The van der Waals surface area contributed by atoms with Crippen LogP contribution in [0.1, 0.15) is 18.5 Å². The van der Waals surface area contributed by atoms with E-state index in [9.17, 15) is 4.39 Å². The van der Waals surface area contributed by atoms with Gasteiger partial charge in [-0.2, -0.15) is 0 Å². The number of nitrogens with one attached hydrogen (secondary N) is 1. The molecule has 0 spiro atoms. The lowest BCUT2D eigenvalue weighted by Crippen LogP contribution is -2.31. The molecule has 15 heavy (non-hydrogen) atoms. The number of aliphatic hydroxyl groups excluding tert-OH is 2. The normalized spacial score (nSPS) is 14.9. The Morgan fingerprint density at radius 2 is 1.93 bits per heavy atom. The van der Waals surface area contributed by atoms with Gasteiger partial charge in [-0.15, -0.1) is 0 Å². The number of benzene rings is 1. The Kier molecular flexibility index (Phi) is 4.68. The molecular weight excluding hydrogens is 197 g/mol. The molecule has 0 fully saturated rings. The van der Waals surface area contributed by atoms with Gasteiger partial charge in [-0.3, -0.25) is 0 Å². The van der Waals surface area contributed by atoms with E-state index in [1.165, 1.54) is 12.1 Å². The van der Waals surface area contributed by atoms with Crippen molar-refractivity contribution >= 4 is 0 Å². The van der Waals surface area contributed by atoms with Crippen molar-refractivity contribution in [3.8, 4) is 0 Å². The fourth-order valence-electron chi connectivity index (χ4n) is 1.25. The van der Waals surface area contributed by atoms with E-state index in [0.29, 0.717) is 6.54 Å². The van der Waals surface area contributed by atoms with Crippen LogP contribution in [0.5, 0.6) is 0 Å². The Hall–Kier alpha value is -0.970. The van der Waals surface area contributed by atoms with E-state index < -0.39 is 6.10 Å². The lowest BCUT2D eigenvalue weighted by atomic mass is 10.1. The Balaban J connectivity index is 2.46. The second-order valence-corrected chi connectivity index (χ2v) is 3.52. The zero-order valence-corrected chi connectivity index (χ0v) is 8.65. The summed E-state index contributed by atoms with van der Waals surface area (Å²) in [5.74, 6) is -0.263. The summed E-state index contributed by atoms with van der Waals surface area (Å²) < 4.78 is 12.6. The maximum Gasteiger partial charge on any atom is 0.123 e. The van der Waals surface area contributed by atoms with Crippen LogP contribution in [-0.2, 0) is 0 Å². The fraction of sp³-hybridized carbons (Fsp3) is 0.455. The lowest BCUT2D eigenvalue weighted by Gasteiger charge is -2.16. The smallest absolute Gasteiger partial charge is 0.123 e. The molecule has 0 saturated carbocycles. The van der Waals surface area contributed by atoms with Crippen molar-refractivity contribution in [1.82, 2.24) is 5.32 Å². The first-order valence-electron chi connectivity index (χ1n) is 4.91. The van der Waals surface area contributed by atoms with Crippen LogP contribution in [0, 0.1) is 5.82 Å². The largest absolute Gasteiger partial charge is 0.394 e. The molecule has 0 aromatic heterocycles. The van der Waals surface area contributed by atoms with Gasteiger partial charge < -0.3 is 15.5 Å². The topological polar surface area (TPSA) is 52.5 Å². The summed E-state index contributed by atoms with van der Waals surface area (Å²) in [5.41, 5.74) is 0.946. The molecular formula is C11H16FNO2. The quantitative estimate of drug-likeness (QED) is 0.679. The summed E-state index contributed by atoms with van der Waals surface area (Å²) in [5, 5.41) is 20.8. The molecule has 0 amide bonds. The Labute approximate surface area is 88.6 Å². The molecule has 2 atom stereocenters. The summed E-state index contributed by atoms with van der Waals surface area (Å²) in [6.45, 7) is 1.97. The lowest BCUT2D eigenvalue weighted by molar-refractivity contribution is 0.0924. The van der Waals surface area contributed by atoms with Gasteiger partial charge in [-0.05, 0) is 24.6 Å². The first-order chi connectivity index (χ1) is 7.13. The fourth-order valence-corrected chi connectivity index (χ4v) is 1.25. The van der Waals surface area contributed by atoms with E-state index in [1.807, 2.05) is 6.92 Å². The predicted molar refractivity (Wildman–Crippen MR) is 55.9 cm³/mol.